The Labute approximate surface area is 211 Å². The Kier molecular flexibility index (Phi) is 8.91. The van der Waals surface area contributed by atoms with Crippen molar-refractivity contribution in [3.05, 3.63) is 100 Å². The van der Waals surface area contributed by atoms with Gasteiger partial charge in [0.05, 0.1) is 5.60 Å². The smallest absolute Gasteiger partial charge is 0.122 e. The summed E-state index contributed by atoms with van der Waals surface area (Å²) in [4.78, 5) is 4.07. The molecule has 0 saturated carbocycles. The molecule has 0 amide bonds. The van der Waals surface area contributed by atoms with Crippen molar-refractivity contribution in [2.45, 2.75) is 84.8 Å². The van der Waals surface area contributed by atoms with Gasteiger partial charge in [-0.3, -0.25) is 4.98 Å². The molecule has 0 radical (unpaired) electrons. The van der Waals surface area contributed by atoms with Gasteiger partial charge in [-0.25, -0.2) is 0 Å². The third-order valence-electron chi connectivity index (χ3n) is 7.70. The highest BCUT2D eigenvalue weighted by Crippen LogP contribution is 2.41. The summed E-state index contributed by atoms with van der Waals surface area (Å²) < 4.78 is 6.12. The van der Waals surface area contributed by atoms with Gasteiger partial charge in [-0.05, 0) is 91.1 Å². The average Bonchev–Trinajstić information content (AvgIpc) is 2.89. The molecule has 1 N–H and O–H groups in total. The Hall–Kier alpha value is -2.91. The van der Waals surface area contributed by atoms with E-state index in [0.717, 1.165) is 35.3 Å². The van der Waals surface area contributed by atoms with Crippen LogP contribution in [0, 0.1) is 13.8 Å². The van der Waals surface area contributed by atoms with Crippen molar-refractivity contribution < 1.29 is 9.84 Å². The van der Waals surface area contributed by atoms with Crippen LogP contribution in [0.2, 0.25) is 0 Å². The lowest BCUT2D eigenvalue weighted by molar-refractivity contribution is 0.0836. The van der Waals surface area contributed by atoms with Gasteiger partial charge in [0.2, 0.25) is 0 Å². The van der Waals surface area contributed by atoms with Crippen LogP contribution in [0.1, 0.15) is 86.8 Å². The van der Waals surface area contributed by atoms with E-state index in [-0.39, 0.29) is 5.41 Å². The predicted octanol–water partition coefficient (Wildman–Crippen LogP) is 7.95. The summed E-state index contributed by atoms with van der Waals surface area (Å²) in [7, 11) is 0. The van der Waals surface area contributed by atoms with Gasteiger partial charge >= 0.3 is 0 Å². The van der Waals surface area contributed by atoms with E-state index in [1.165, 1.54) is 16.7 Å². The molecule has 35 heavy (non-hydrogen) atoms. The monoisotopic (exact) mass is 471 g/mol. The molecule has 0 bridgehead atoms. The highest BCUT2D eigenvalue weighted by molar-refractivity contribution is 5.57. The van der Waals surface area contributed by atoms with Gasteiger partial charge in [-0.2, -0.15) is 0 Å². The minimum Gasteiger partial charge on any atom is -0.489 e. The number of hydrogen-bond donors (Lipinski definition) is 1. The molecule has 0 atom stereocenters. The second-order valence-corrected chi connectivity index (χ2v) is 9.63. The zero-order chi connectivity index (χ0) is 25.5. The van der Waals surface area contributed by atoms with Crippen LogP contribution < -0.4 is 4.74 Å². The van der Waals surface area contributed by atoms with E-state index >= 15 is 0 Å². The van der Waals surface area contributed by atoms with Crippen LogP contribution in [0.25, 0.3) is 6.08 Å². The molecule has 1 aromatic heterocycles. The van der Waals surface area contributed by atoms with Gasteiger partial charge in [-0.1, -0.05) is 70.2 Å². The molecule has 0 unspecified atom stereocenters. The van der Waals surface area contributed by atoms with Crippen molar-refractivity contribution in [1.29, 1.82) is 0 Å². The number of aryl methyl sites for hydroxylation is 2. The molecule has 2 aromatic carbocycles. The summed E-state index contributed by atoms with van der Waals surface area (Å²) in [6.07, 6.45) is 11.1. The lowest BCUT2D eigenvalue weighted by Crippen LogP contribution is -2.26. The van der Waals surface area contributed by atoms with Crippen molar-refractivity contribution in [2.75, 3.05) is 0 Å². The fraction of sp³-hybridized carbons (Fsp3) is 0.406. The van der Waals surface area contributed by atoms with E-state index in [4.69, 9.17) is 4.74 Å². The first-order valence-electron chi connectivity index (χ1n) is 13.0. The van der Waals surface area contributed by atoms with Crippen LogP contribution in [-0.2, 0) is 12.0 Å². The fourth-order valence-corrected chi connectivity index (χ4v) is 4.87. The predicted molar refractivity (Wildman–Crippen MR) is 147 cm³/mol. The van der Waals surface area contributed by atoms with E-state index in [9.17, 15) is 5.11 Å². The Morgan fingerprint density at radius 3 is 1.94 bits per heavy atom. The van der Waals surface area contributed by atoms with Crippen LogP contribution in [0.5, 0.6) is 5.75 Å². The number of hydrogen-bond acceptors (Lipinski definition) is 3. The first-order chi connectivity index (χ1) is 16.8. The molecular weight excluding hydrogens is 430 g/mol. The molecule has 0 spiro atoms. The van der Waals surface area contributed by atoms with Crippen molar-refractivity contribution in [3.63, 3.8) is 0 Å². The largest absolute Gasteiger partial charge is 0.489 e. The number of nitrogens with zero attached hydrogens (tertiary/aromatic N) is 1. The Morgan fingerprint density at radius 1 is 0.800 bits per heavy atom. The molecule has 3 heteroatoms. The minimum atomic E-state index is -0.736. The number of ether oxygens (including phenoxy) is 1. The lowest BCUT2D eigenvalue weighted by Gasteiger charge is -2.34. The van der Waals surface area contributed by atoms with Crippen molar-refractivity contribution in [1.82, 2.24) is 4.98 Å². The molecule has 1 heterocycles. The van der Waals surface area contributed by atoms with Crippen LogP contribution in [0.4, 0.5) is 0 Å². The number of rotatable bonds is 11. The third kappa shape index (κ3) is 6.02. The number of pyridine rings is 1. The summed E-state index contributed by atoms with van der Waals surface area (Å²) in [6, 6.07) is 17.4. The Balaban J connectivity index is 1.89. The lowest BCUT2D eigenvalue weighted by atomic mass is 9.70. The molecular formula is C32H41NO2. The number of aromatic nitrogens is 1. The highest BCUT2D eigenvalue weighted by Gasteiger charge is 2.31. The van der Waals surface area contributed by atoms with Gasteiger partial charge in [0, 0.05) is 17.8 Å². The van der Waals surface area contributed by atoms with E-state index < -0.39 is 5.60 Å². The second-order valence-electron chi connectivity index (χ2n) is 9.63. The van der Waals surface area contributed by atoms with E-state index in [0.29, 0.717) is 19.4 Å². The van der Waals surface area contributed by atoms with E-state index in [1.807, 2.05) is 32.1 Å². The van der Waals surface area contributed by atoms with Gasteiger partial charge < -0.3 is 9.84 Å². The summed E-state index contributed by atoms with van der Waals surface area (Å²) in [5.74, 6) is 0.919. The zero-order valence-corrected chi connectivity index (χ0v) is 22.3. The van der Waals surface area contributed by atoms with Gasteiger partial charge in [0.25, 0.3) is 0 Å². The maximum atomic E-state index is 10.6. The molecule has 0 aliphatic heterocycles. The average molecular weight is 472 g/mol. The zero-order valence-electron chi connectivity index (χ0n) is 22.3. The second kappa shape index (κ2) is 11.7. The summed E-state index contributed by atoms with van der Waals surface area (Å²) in [6.45, 7) is 13.4. The topological polar surface area (TPSA) is 42.4 Å². The number of aliphatic hydroxyl groups is 1. The maximum absolute atomic E-state index is 10.6. The SMILES string of the molecule is CCC(O)(C=Cc1ccc(C(CC)(CC)c2ccc(OCc3ccncc3)c(C)c2)cc1C)CC. The fourth-order valence-electron chi connectivity index (χ4n) is 4.87. The van der Waals surface area contributed by atoms with Crippen molar-refractivity contribution in [3.8, 4) is 5.75 Å². The molecule has 0 saturated heterocycles. The van der Waals surface area contributed by atoms with Gasteiger partial charge in [0.15, 0.2) is 0 Å². The molecule has 3 aromatic rings. The first-order valence-corrected chi connectivity index (χ1v) is 13.0. The number of benzene rings is 2. The molecule has 186 valence electrons. The molecule has 3 nitrogen and oxygen atoms in total. The quantitative estimate of drug-likeness (QED) is 0.308. The maximum Gasteiger partial charge on any atom is 0.122 e. The molecule has 0 aliphatic carbocycles. The van der Waals surface area contributed by atoms with Crippen LogP contribution in [0.15, 0.2) is 67.0 Å². The summed E-state index contributed by atoms with van der Waals surface area (Å²) in [5.41, 5.74) is 6.52. The van der Waals surface area contributed by atoms with Crippen molar-refractivity contribution in [2.24, 2.45) is 0 Å². The minimum absolute atomic E-state index is 0.0605. The molecule has 0 aliphatic rings. The normalized spacial score (nSPS) is 12.3. The first kappa shape index (κ1) is 26.7. The Bertz CT molecular complexity index is 1130. The highest BCUT2D eigenvalue weighted by atomic mass is 16.5. The van der Waals surface area contributed by atoms with Crippen LogP contribution in [-0.4, -0.2) is 15.7 Å². The molecule has 0 fully saturated rings. The summed E-state index contributed by atoms with van der Waals surface area (Å²) >= 11 is 0. The molecule has 3 rings (SSSR count). The Morgan fingerprint density at radius 2 is 1.40 bits per heavy atom. The van der Waals surface area contributed by atoms with Gasteiger partial charge in [0.1, 0.15) is 12.4 Å². The van der Waals surface area contributed by atoms with Crippen molar-refractivity contribution >= 4 is 6.08 Å². The van der Waals surface area contributed by atoms with E-state index in [2.05, 4.69) is 75.2 Å². The standard InChI is InChI=1S/C32H41NO2/c1-7-31(34,8-2)18-15-27-11-12-28(21-24(27)5)32(9-3,10-4)29-13-14-30(25(6)22-29)35-23-26-16-19-33-20-17-26/h11-22,34H,7-10,23H2,1-6H3. The van der Waals surface area contributed by atoms with Crippen LogP contribution >= 0.6 is 0 Å². The van der Waals surface area contributed by atoms with E-state index in [1.54, 1.807) is 12.4 Å². The van der Waals surface area contributed by atoms with Crippen LogP contribution in [0.3, 0.4) is 0 Å². The third-order valence-corrected chi connectivity index (χ3v) is 7.70. The van der Waals surface area contributed by atoms with Gasteiger partial charge in [-0.15, -0.1) is 0 Å². The summed E-state index contributed by atoms with van der Waals surface area (Å²) in [5, 5.41) is 10.6.